The zero-order chi connectivity index (χ0) is 10.9. The predicted molar refractivity (Wildman–Crippen MR) is 52.1 cm³/mol. The highest BCUT2D eigenvalue weighted by atomic mass is 19.3. The fourth-order valence-electron chi connectivity index (χ4n) is 1.69. The summed E-state index contributed by atoms with van der Waals surface area (Å²) in [6, 6.07) is 3.67. The minimum absolute atomic E-state index is 0.0256. The first kappa shape index (κ1) is 10.3. The number of alkyl halides is 2. The molecule has 1 aliphatic carbocycles. The van der Waals surface area contributed by atoms with Gasteiger partial charge >= 0.3 is 0 Å². The molecule has 2 rings (SSSR count). The molecule has 15 heavy (non-hydrogen) atoms. The summed E-state index contributed by atoms with van der Waals surface area (Å²) in [5.41, 5.74) is 1.05. The van der Waals surface area contributed by atoms with Gasteiger partial charge in [0.15, 0.2) is 0 Å². The van der Waals surface area contributed by atoms with E-state index in [1.165, 1.54) is 0 Å². The first-order chi connectivity index (χ1) is 7.05. The molecule has 4 heteroatoms. The number of hydrogen-bond acceptors (Lipinski definition) is 2. The van der Waals surface area contributed by atoms with Crippen LogP contribution in [-0.2, 0) is 0 Å². The van der Waals surface area contributed by atoms with E-state index in [4.69, 9.17) is 4.74 Å². The van der Waals surface area contributed by atoms with E-state index in [0.29, 0.717) is 12.5 Å². The molecule has 1 saturated carbocycles. The maximum atomic E-state index is 12.5. The van der Waals surface area contributed by atoms with Crippen LogP contribution in [0.4, 0.5) is 8.78 Å². The van der Waals surface area contributed by atoms with E-state index in [2.05, 4.69) is 4.98 Å². The number of ether oxygens (including phenoxy) is 1. The van der Waals surface area contributed by atoms with Gasteiger partial charge in [-0.2, -0.15) is 0 Å². The molecule has 1 aromatic heterocycles. The lowest BCUT2D eigenvalue weighted by atomic mass is 9.82. The van der Waals surface area contributed by atoms with Gasteiger partial charge in [-0.15, -0.1) is 0 Å². The van der Waals surface area contributed by atoms with Crippen molar-refractivity contribution in [2.45, 2.75) is 25.7 Å². The molecular formula is C11H13F2NO. The lowest BCUT2D eigenvalue weighted by molar-refractivity contribution is -0.119. The van der Waals surface area contributed by atoms with Crippen molar-refractivity contribution in [2.24, 2.45) is 5.92 Å². The van der Waals surface area contributed by atoms with Crippen molar-refractivity contribution in [1.29, 1.82) is 0 Å². The molecule has 1 aliphatic rings. The maximum absolute atomic E-state index is 12.5. The highest BCUT2D eigenvalue weighted by Crippen LogP contribution is 2.42. The zero-order valence-corrected chi connectivity index (χ0v) is 8.54. The Labute approximate surface area is 87.3 Å². The quantitative estimate of drug-likeness (QED) is 0.770. The monoisotopic (exact) mass is 213 g/mol. The van der Waals surface area contributed by atoms with Gasteiger partial charge in [0.05, 0.1) is 6.61 Å². The number of aryl methyl sites for hydroxylation is 1. The number of nitrogens with zero attached hydrogens (tertiary/aromatic N) is 1. The van der Waals surface area contributed by atoms with E-state index in [-0.39, 0.29) is 18.8 Å². The normalized spacial score (nSPS) is 19.7. The van der Waals surface area contributed by atoms with Gasteiger partial charge in [0.25, 0.3) is 0 Å². The minimum atomic E-state index is -2.46. The molecule has 0 amide bonds. The van der Waals surface area contributed by atoms with E-state index in [0.717, 1.165) is 5.56 Å². The lowest BCUT2D eigenvalue weighted by Gasteiger charge is -2.34. The summed E-state index contributed by atoms with van der Waals surface area (Å²) >= 11 is 0. The number of aromatic nitrogens is 1. The molecule has 0 aliphatic heterocycles. The van der Waals surface area contributed by atoms with E-state index in [1.54, 1.807) is 12.3 Å². The summed E-state index contributed by atoms with van der Waals surface area (Å²) < 4.78 is 30.4. The van der Waals surface area contributed by atoms with Crippen molar-refractivity contribution in [3.63, 3.8) is 0 Å². The summed E-state index contributed by atoms with van der Waals surface area (Å²) in [4.78, 5) is 4.00. The predicted octanol–water partition coefficient (Wildman–Crippen LogP) is 2.81. The molecule has 2 nitrogen and oxygen atoms in total. The zero-order valence-electron chi connectivity index (χ0n) is 8.54. The third-order valence-corrected chi connectivity index (χ3v) is 2.53. The van der Waals surface area contributed by atoms with Crippen LogP contribution in [0.1, 0.15) is 18.4 Å². The Bertz CT molecular complexity index is 346. The number of halogens is 2. The van der Waals surface area contributed by atoms with Gasteiger partial charge in [-0.25, -0.2) is 13.8 Å². The van der Waals surface area contributed by atoms with Crippen molar-refractivity contribution in [3.8, 4) is 5.88 Å². The summed E-state index contributed by atoms with van der Waals surface area (Å²) in [7, 11) is 0. The van der Waals surface area contributed by atoms with Crippen molar-refractivity contribution < 1.29 is 13.5 Å². The topological polar surface area (TPSA) is 22.1 Å². The van der Waals surface area contributed by atoms with Crippen LogP contribution in [0.2, 0.25) is 0 Å². The molecule has 0 atom stereocenters. The molecule has 0 radical (unpaired) electrons. The molecule has 0 saturated heterocycles. The standard InChI is InChI=1S/C11H13F2NO/c1-8-2-3-14-10(4-8)15-7-9-5-11(12,13)6-9/h2-4,9H,5-7H2,1H3. The molecule has 0 aromatic carbocycles. The third-order valence-electron chi connectivity index (χ3n) is 2.53. The summed E-state index contributed by atoms with van der Waals surface area (Å²) in [6.07, 6.45) is 1.54. The second-order valence-corrected chi connectivity index (χ2v) is 4.11. The fourth-order valence-corrected chi connectivity index (χ4v) is 1.69. The van der Waals surface area contributed by atoms with Gasteiger partial charge in [0.2, 0.25) is 11.8 Å². The molecule has 0 bridgehead atoms. The molecule has 1 fully saturated rings. The van der Waals surface area contributed by atoms with Crippen LogP contribution in [0.25, 0.3) is 0 Å². The molecule has 1 aromatic rings. The van der Waals surface area contributed by atoms with Gasteiger partial charge in [-0.3, -0.25) is 0 Å². The number of hydrogen-bond donors (Lipinski definition) is 0. The first-order valence-electron chi connectivity index (χ1n) is 4.98. The van der Waals surface area contributed by atoms with Gasteiger partial charge in [-0.1, -0.05) is 0 Å². The van der Waals surface area contributed by atoms with Crippen molar-refractivity contribution in [2.75, 3.05) is 6.61 Å². The van der Waals surface area contributed by atoms with Gasteiger partial charge < -0.3 is 4.74 Å². The van der Waals surface area contributed by atoms with E-state index in [1.807, 2.05) is 13.0 Å². The average Bonchev–Trinajstić information content (AvgIpc) is 2.11. The molecule has 0 N–H and O–H groups in total. The SMILES string of the molecule is Cc1ccnc(OCC2CC(F)(F)C2)c1. The minimum Gasteiger partial charge on any atom is -0.477 e. The Morgan fingerprint density at radius 2 is 2.27 bits per heavy atom. The fraction of sp³-hybridized carbons (Fsp3) is 0.545. The number of rotatable bonds is 3. The molecule has 0 spiro atoms. The van der Waals surface area contributed by atoms with Crippen LogP contribution >= 0.6 is 0 Å². The smallest absolute Gasteiger partial charge is 0.248 e. The van der Waals surface area contributed by atoms with Gasteiger partial charge in [-0.05, 0) is 18.6 Å². The van der Waals surface area contributed by atoms with Crippen LogP contribution in [0.15, 0.2) is 18.3 Å². The van der Waals surface area contributed by atoms with Crippen LogP contribution in [0.5, 0.6) is 5.88 Å². The van der Waals surface area contributed by atoms with E-state index < -0.39 is 5.92 Å². The van der Waals surface area contributed by atoms with Gasteiger partial charge in [0, 0.05) is 31.0 Å². The van der Waals surface area contributed by atoms with Crippen molar-refractivity contribution in [1.82, 2.24) is 4.98 Å². The molecule has 0 unspecified atom stereocenters. The third kappa shape index (κ3) is 2.64. The Morgan fingerprint density at radius 1 is 1.53 bits per heavy atom. The summed E-state index contributed by atoms with van der Waals surface area (Å²) in [6.45, 7) is 2.28. The Kier molecular flexibility index (Phi) is 2.59. The number of pyridine rings is 1. The first-order valence-corrected chi connectivity index (χ1v) is 4.98. The lowest BCUT2D eigenvalue weighted by Crippen LogP contribution is -2.38. The summed E-state index contributed by atoms with van der Waals surface area (Å²) in [5, 5.41) is 0. The highest BCUT2D eigenvalue weighted by Gasteiger charge is 2.45. The maximum Gasteiger partial charge on any atom is 0.248 e. The Hall–Kier alpha value is -1.19. The second kappa shape index (κ2) is 3.76. The van der Waals surface area contributed by atoms with Crippen LogP contribution in [-0.4, -0.2) is 17.5 Å². The van der Waals surface area contributed by atoms with Crippen LogP contribution in [0, 0.1) is 12.8 Å². The Balaban J connectivity index is 1.80. The molecule has 1 heterocycles. The Morgan fingerprint density at radius 3 is 2.87 bits per heavy atom. The largest absolute Gasteiger partial charge is 0.477 e. The van der Waals surface area contributed by atoms with Crippen LogP contribution in [0.3, 0.4) is 0 Å². The summed E-state index contributed by atoms with van der Waals surface area (Å²) in [5.74, 6) is -1.97. The van der Waals surface area contributed by atoms with Crippen LogP contribution < -0.4 is 4.74 Å². The second-order valence-electron chi connectivity index (χ2n) is 4.11. The van der Waals surface area contributed by atoms with Crippen molar-refractivity contribution in [3.05, 3.63) is 23.9 Å². The highest BCUT2D eigenvalue weighted by molar-refractivity contribution is 5.18. The van der Waals surface area contributed by atoms with E-state index >= 15 is 0 Å². The molecular weight excluding hydrogens is 200 g/mol. The van der Waals surface area contributed by atoms with Crippen molar-refractivity contribution >= 4 is 0 Å². The van der Waals surface area contributed by atoms with E-state index in [9.17, 15) is 8.78 Å². The average molecular weight is 213 g/mol. The van der Waals surface area contributed by atoms with Gasteiger partial charge in [0.1, 0.15) is 0 Å². The molecule has 82 valence electrons.